The summed E-state index contributed by atoms with van der Waals surface area (Å²) in [4.78, 5) is 43.4. The Balaban J connectivity index is 1.91. The van der Waals surface area contributed by atoms with Crippen LogP contribution in [0.3, 0.4) is 0 Å². The largest absolute Gasteiger partial charge is 0.481 e. The van der Waals surface area contributed by atoms with Crippen LogP contribution in [0.15, 0.2) is 11.0 Å². The number of carboxylic acids is 1. The van der Waals surface area contributed by atoms with Crippen molar-refractivity contribution in [2.75, 3.05) is 19.7 Å². The first kappa shape index (κ1) is 16.6. The van der Waals surface area contributed by atoms with Gasteiger partial charge in [0.15, 0.2) is 4.96 Å². The third-order valence-electron chi connectivity index (χ3n) is 4.08. The molecule has 24 heavy (non-hydrogen) atoms. The number of aryl methyl sites for hydroxylation is 2. The van der Waals surface area contributed by atoms with Crippen molar-refractivity contribution in [2.45, 2.75) is 26.4 Å². The lowest BCUT2D eigenvalue weighted by atomic mass is 10.2. The normalized spacial score (nSPS) is 18.1. The van der Waals surface area contributed by atoms with E-state index >= 15 is 0 Å². The SMILES string of the molecule is Cc1sc2ncc(C(=O)N3CCOC(CC(=O)O)C3)c(=O)n2c1C. The molecule has 3 heterocycles. The van der Waals surface area contributed by atoms with Gasteiger partial charge in [0.05, 0.1) is 19.1 Å². The van der Waals surface area contributed by atoms with Gasteiger partial charge in [0.1, 0.15) is 5.56 Å². The highest BCUT2D eigenvalue weighted by atomic mass is 32.1. The predicted molar refractivity (Wildman–Crippen MR) is 86.7 cm³/mol. The zero-order valence-corrected chi connectivity index (χ0v) is 14.1. The van der Waals surface area contributed by atoms with E-state index in [0.717, 1.165) is 10.6 Å². The number of carboxylic acid groups (broad SMARTS) is 1. The lowest BCUT2D eigenvalue weighted by molar-refractivity contribution is -0.141. The number of nitrogens with zero attached hydrogens (tertiary/aromatic N) is 3. The number of thiazole rings is 1. The van der Waals surface area contributed by atoms with E-state index in [-0.39, 0.29) is 25.1 Å². The summed E-state index contributed by atoms with van der Waals surface area (Å²) in [5.41, 5.74) is 0.366. The van der Waals surface area contributed by atoms with E-state index in [1.54, 1.807) is 0 Å². The molecule has 1 unspecified atom stereocenters. The molecule has 9 heteroatoms. The second-order valence-electron chi connectivity index (χ2n) is 5.68. The Morgan fingerprint density at radius 1 is 1.46 bits per heavy atom. The molecule has 0 saturated carbocycles. The molecule has 1 aliphatic heterocycles. The second-order valence-corrected chi connectivity index (χ2v) is 6.86. The van der Waals surface area contributed by atoms with Crippen LogP contribution >= 0.6 is 11.3 Å². The van der Waals surface area contributed by atoms with Gasteiger partial charge in [-0.25, -0.2) is 4.98 Å². The number of hydrogen-bond donors (Lipinski definition) is 1. The molecule has 0 radical (unpaired) electrons. The molecular weight excluding hydrogens is 334 g/mol. The number of aliphatic carboxylic acids is 1. The van der Waals surface area contributed by atoms with Crippen LogP contribution in [0.1, 0.15) is 27.3 Å². The number of aromatic nitrogens is 2. The maximum atomic E-state index is 12.7. The minimum atomic E-state index is -0.984. The van der Waals surface area contributed by atoms with Crippen LogP contribution in [0, 0.1) is 13.8 Å². The number of amides is 1. The van der Waals surface area contributed by atoms with Crippen molar-refractivity contribution in [3.8, 4) is 0 Å². The Labute approximate surface area is 141 Å². The van der Waals surface area contributed by atoms with Gasteiger partial charge >= 0.3 is 5.97 Å². The van der Waals surface area contributed by atoms with Crippen LogP contribution in [0.5, 0.6) is 0 Å². The Bertz CT molecular complexity index is 872. The van der Waals surface area contributed by atoms with Crippen LogP contribution in [-0.4, -0.2) is 57.1 Å². The van der Waals surface area contributed by atoms with E-state index < -0.39 is 23.5 Å². The maximum absolute atomic E-state index is 12.7. The molecule has 3 rings (SSSR count). The standard InChI is InChI=1S/C15H17N3O5S/c1-8-9(2)24-15-16-6-11(14(22)18(8)15)13(21)17-3-4-23-10(7-17)5-12(19)20/h6,10H,3-5,7H2,1-2H3,(H,19,20). The van der Waals surface area contributed by atoms with Crippen molar-refractivity contribution in [3.05, 3.63) is 32.7 Å². The molecule has 1 saturated heterocycles. The minimum absolute atomic E-state index is 0.00984. The molecule has 1 aliphatic rings. The van der Waals surface area contributed by atoms with Crippen LogP contribution in [0.4, 0.5) is 0 Å². The predicted octanol–water partition coefficient (Wildman–Crippen LogP) is 0.689. The van der Waals surface area contributed by atoms with Gasteiger partial charge in [0, 0.05) is 29.9 Å². The lowest BCUT2D eigenvalue weighted by Crippen LogP contribution is -2.47. The summed E-state index contributed by atoms with van der Waals surface area (Å²) in [6.45, 7) is 4.42. The van der Waals surface area contributed by atoms with Gasteiger partial charge in [-0.2, -0.15) is 0 Å². The fourth-order valence-electron chi connectivity index (χ4n) is 2.72. The van der Waals surface area contributed by atoms with Gasteiger partial charge in [-0.15, -0.1) is 11.3 Å². The van der Waals surface area contributed by atoms with Crippen molar-refractivity contribution in [3.63, 3.8) is 0 Å². The van der Waals surface area contributed by atoms with E-state index in [4.69, 9.17) is 9.84 Å². The van der Waals surface area contributed by atoms with Gasteiger partial charge in [-0.1, -0.05) is 0 Å². The van der Waals surface area contributed by atoms with Gasteiger partial charge in [-0.3, -0.25) is 18.8 Å². The Kier molecular flexibility index (Phi) is 4.37. The number of morpholine rings is 1. The van der Waals surface area contributed by atoms with E-state index in [2.05, 4.69) is 4.98 Å². The third-order valence-corrected chi connectivity index (χ3v) is 5.15. The Hall–Kier alpha value is -2.26. The molecule has 0 bridgehead atoms. The fourth-order valence-corrected chi connectivity index (χ4v) is 3.64. The van der Waals surface area contributed by atoms with Crippen molar-refractivity contribution in [1.29, 1.82) is 0 Å². The zero-order chi connectivity index (χ0) is 17.4. The molecule has 0 aromatic carbocycles. The van der Waals surface area contributed by atoms with Crippen molar-refractivity contribution in [2.24, 2.45) is 0 Å². The molecule has 2 aromatic rings. The lowest BCUT2D eigenvalue weighted by Gasteiger charge is -2.32. The quantitative estimate of drug-likeness (QED) is 0.873. The summed E-state index contributed by atoms with van der Waals surface area (Å²) in [7, 11) is 0. The van der Waals surface area contributed by atoms with Crippen LogP contribution in [0.2, 0.25) is 0 Å². The molecular formula is C15H17N3O5S. The number of rotatable bonds is 3. The number of hydrogen-bond acceptors (Lipinski definition) is 6. The van der Waals surface area contributed by atoms with Crippen molar-refractivity contribution >= 4 is 28.2 Å². The van der Waals surface area contributed by atoms with E-state index in [1.807, 2.05) is 13.8 Å². The summed E-state index contributed by atoms with van der Waals surface area (Å²) < 4.78 is 6.80. The van der Waals surface area contributed by atoms with Crippen LogP contribution in [-0.2, 0) is 9.53 Å². The molecule has 0 spiro atoms. The molecule has 1 fully saturated rings. The van der Waals surface area contributed by atoms with E-state index in [0.29, 0.717) is 11.5 Å². The molecule has 128 valence electrons. The average Bonchev–Trinajstić information content (AvgIpc) is 2.82. The highest BCUT2D eigenvalue weighted by Crippen LogP contribution is 2.19. The number of carbonyl (C=O) groups is 2. The zero-order valence-electron chi connectivity index (χ0n) is 13.3. The monoisotopic (exact) mass is 351 g/mol. The van der Waals surface area contributed by atoms with E-state index in [1.165, 1.54) is 26.8 Å². The second kappa shape index (κ2) is 6.33. The number of ether oxygens (including phenoxy) is 1. The highest BCUT2D eigenvalue weighted by molar-refractivity contribution is 7.17. The minimum Gasteiger partial charge on any atom is -0.481 e. The Morgan fingerprint density at radius 2 is 2.21 bits per heavy atom. The molecule has 2 aromatic heterocycles. The summed E-state index contributed by atoms with van der Waals surface area (Å²) >= 11 is 1.40. The average molecular weight is 351 g/mol. The highest BCUT2D eigenvalue weighted by Gasteiger charge is 2.28. The smallest absolute Gasteiger partial charge is 0.306 e. The third kappa shape index (κ3) is 2.92. The van der Waals surface area contributed by atoms with Crippen LogP contribution in [0.25, 0.3) is 4.96 Å². The van der Waals surface area contributed by atoms with Gasteiger partial charge < -0.3 is 14.7 Å². The first-order valence-electron chi connectivity index (χ1n) is 7.49. The summed E-state index contributed by atoms with van der Waals surface area (Å²) in [6, 6.07) is 0. The van der Waals surface area contributed by atoms with Gasteiger partial charge in [0.2, 0.25) is 0 Å². The topological polar surface area (TPSA) is 101 Å². The van der Waals surface area contributed by atoms with Crippen molar-refractivity contribution in [1.82, 2.24) is 14.3 Å². The van der Waals surface area contributed by atoms with Crippen molar-refractivity contribution < 1.29 is 19.4 Å². The maximum Gasteiger partial charge on any atom is 0.306 e. The Morgan fingerprint density at radius 3 is 2.92 bits per heavy atom. The van der Waals surface area contributed by atoms with Crippen LogP contribution < -0.4 is 5.56 Å². The molecule has 8 nitrogen and oxygen atoms in total. The first-order valence-corrected chi connectivity index (χ1v) is 8.30. The summed E-state index contributed by atoms with van der Waals surface area (Å²) in [5, 5.41) is 8.86. The summed E-state index contributed by atoms with van der Waals surface area (Å²) in [5.74, 6) is -1.43. The number of carbonyl (C=O) groups excluding carboxylic acids is 1. The number of fused-ring (bicyclic) bond motifs is 1. The van der Waals surface area contributed by atoms with Gasteiger partial charge in [0.25, 0.3) is 11.5 Å². The summed E-state index contributed by atoms with van der Waals surface area (Å²) in [6.07, 6.45) is 0.560. The fraction of sp³-hybridized carbons (Fsp3) is 0.467. The molecule has 1 amide bonds. The molecule has 1 atom stereocenters. The first-order chi connectivity index (χ1) is 11.4. The van der Waals surface area contributed by atoms with E-state index in [9.17, 15) is 14.4 Å². The molecule has 0 aliphatic carbocycles. The molecule has 1 N–H and O–H groups in total. The van der Waals surface area contributed by atoms with Gasteiger partial charge in [-0.05, 0) is 13.8 Å².